The number of rotatable bonds is 5. The third kappa shape index (κ3) is 4.23. The molecule has 2 fully saturated rings. The summed E-state index contributed by atoms with van der Waals surface area (Å²) in [5.41, 5.74) is 8.57. The van der Waals surface area contributed by atoms with E-state index in [1.165, 1.54) is 11.1 Å². The number of nitrogens with two attached hydrogens (primary N) is 1. The van der Waals surface area contributed by atoms with Crippen molar-refractivity contribution in [3.63, 3.8) is 0 Å². The second-order valence-corrected chi connectivity index (χ2v) is 9.02. The predicted octanol–water partition coefficient (Wildman–Crippen LogP) is 3.01. The number of carbonyl (C=O) groups excluding carboxylic acids is 1. The number of likely N-dealkylation sites (tertiary alicyclic amines) is 1. The van der Waals surface area contributed by atoms with Crippen LogP contribution in [0.4, 0.5) is 0 Å². The molecule has 166 valence electrons. The number of amides is 1. The van der Waals surface area contributed by atoms with E-state index in [1.807, 2.05) is 11.0 Å². The molecule has 1 amide bonds. The quantitative estimate of drug-likeness (QED) is 0.799. The lowest BCUT2D eigenvalue weighted by Crippen LogP contribution is -2.51. The molecule has 1 saturated carbocycles. The molecular weight excluding hydrogens is 380 g/mol. The molecule has 3 atom stereocenters. The number of hydrogen-bond donors (Lipinski definition) is 1. The van der Waals surface area contributed by atoms with E-state index in [-0.39, 0.29) is 29.6 Å². The van der Waals surface area contributed by atoms with Gasteiger partial charge < -0.3 is 24.8 Å². The van der Waals surface area contributed by atoms with Crippen LogP contribution in [0.15, 0.2) is 18.2 Å². The maximum atomic E-state index is 13.3. The molecule has 0 unspecified atom stereocenters. The van der Waals surface area contributed by atoms with Crippen molar-refractivity contribution < 1.29 is 19.0 Å². The topological polar surface area (TPSA) is 74.0 Å². The molecule has 0 radical (unpaired) electrons. The van der Waals surface area contributed by atoms with Crippen molar-refractivity contribution in [2.75, 3.05) is 33.4 Å². The summed E-state index contributed by atoms with van der Waals surface area (Å²) in [4.78, 5) is 15.3. The Morgan fingerprint density at radius 2 is 2.10 bits per heavy atom. The van der Waals surface area contributed by atoms with Crippen LogP contribution in [-0.2, 0) is 26.3 Å². The highest BCUT2D eigenvalue weighted by molar-refractivity contribution is 5.79. The van der Waals surface area contributed by atoms with Crippen LogP contribution in [0.2, 0.25) is 0 Å². The molecule has 1 saturated heterocycles. The standard InChI is InChI=1S/C24H36N2O4/c1-3-13-29-22-16-18(4-7-21(22)25)23(27)26-11-9-24(10-12-26)20-6-5-19(28-2)15-17(20)8-14-30-24/h5-6,15,18,21-22H,3-4,7-14,16,25H2,1-2H3/t18-,21+,22+/m0/s1. The van der Waals surface area contributed by atoms with Gasteiger partial charge in [0.2, 0.25) is 5.91 Å². The van der Waals surface area contributed by atoms with Gasteiger partial charge >= 0.3 is 0 Å². The zero-order chi connectivity index (χ0) is 21.1. The molecule has 2 N–H and O–H groups in total. The Kier molecular flexibility index (Phi) is 6.66. The average molecular weight is 417 g/mol. The van der Waals surface area contributed by atoms with Gasteiger partial charge in [0.05, 0.1) is 25.4 Å². The van der Waals surface area contributed by atoms with E-state index in [4.69, 9.17) is 19.9 Å². The SMILES string of the molecule is CCCO[C@@H]1C[C@@H](C(=O)N2CCC3(CC2)OCCc2cc(OC)ccc23)CC[C@H]1N. The molecule has 6 heteroatoms. The molecule has 0 bridgehead atoms. The number of fused-ring (bicyclic) bond motifs is 2. The van der Waals surface area contributed by atoms with Gasteiger partial charge in [-0.2, -0.15) is 0 Å². The van der Waals surface area contributed by atoms with Crippen LogP contribution in [0, 0.1) is 5.92 Å². The van der Waals surface area contributed by atoms with Gasteiger partial charge in [0.15, 0.2) is 0 Å². The lowest BCUT2D eigenvalue weighted by Gasteiger charge is -2.46. The number of ether oxygens (including phenoxy) is 3. The second kappa shape index (κ2) is 9.25. The molecular formula is C24H36N2O4. The van der Waals surface area contributed by atoms with Gasteiger partial charge in [-0.3, -0.25) is 4.79 Å². The van der Waals surface area contributed by atoms with Crippen molar-refractivity contribution >= 4 is 5.91 Å². The van der Waals surface area contributed by atoms with Gasteiger partial charge in [-0.1, -0.05) is 13.0 Å². The van der Waals surface area contributed by atoms with E-state index in [0.29, 0.717) is 6.61 Å². The summed E-state index contributed by atoms with van der Waals surface area (Å²) in [6, 6.07) is 6.37. The minimum atomic E-state index is -0.266. The van der Waals surface area contributed by atoms with Gasteiger partial charge in [0, 0.05) is 31.7 Å². The largest absolute Gasteiger partial charge is 0.497 e. The fourth-order valence-corrected chi connectivity index (χ4v) is 5.38. The first-order valence-electron chi connectivity index (χ1n) is 11.5. The van der Waals surface area contributed by atoms with Gasteiger partial charge in [0.1, 0.15) is 5.75 Å². The summed E-state index contributed by atoms with van der Waals surface area (Å²) in [6.45, 7) is 5.03. The summed E-state index contributed by atoms with van der Waals surface area (Å²) in [5, 5.41) is 0. The van der Waals surface area contributed by atoms with E-state index < -0.39 is 0 Å². The smallest absolute Gasteiger partial charge is 0.225 e. The Bertz CT molecular complexity index is 745. The van der Waals surface area contributed by atoms with Crippen molar-refractivity contribution in [3.05, 3.63) is 29.3 Å². The molecule has 0 aromatic heterocycles. The summed E-state index contributed by atoms with van der Waals surface area (Å²) < 4.78 is 17.7. The number of carbonyl (C=O) groups is 1. The molecule has 3 aliphatic rings. The van der Waals surface area contributed by atoms with Crippen LogP contribution in [-0.4, -0.2) is 56.4 Å². The minimum Gasteiger partial charge on any atom is -0.497 e. The number of methoxy groups -OCH3 is 1. The van der Waals surface area contributed by atoms with Crippen LogP contribution in [0.1, 0.15) is 56.6 Å². The molecule has 1 aliphatic carbocycles. The summed E-state index contributed by atoms with van der Waals surface area (Å²) in [6.07, 6.45) is 6.07. The molecule has 6 nitrogen and oxygen atoms in total. The Hall–Kier alpha value is -1.63. The first-order chi connectivity index (χ1) is 14.6. The van der Waals surface area contributed by atoms with E-state index in [0.717, 1.165) is 70.4 Å². The maximum Gasteiger partial charge on any atom is 0.225 e. The Balaban J connectivity index is 1.40. The minimum absolute atomic E-state index is 0.00678. The number of piperidine rings is 1. The zero-order valence-corrected chi connectivity index (χ0v) is 18.4. The lowest BCUT2D eigenvalue weighted by molar-refractivity contribution is -0.147. The van der Waals surface area contributed by atoms with Crippen LogP contribution in [0.3, 0.4) is 0 Å². The fraction of sp³-hybridized carbons (Fsp3) is 0.708. The highest BCUT2D eigenvalue weighted by atomic mass is 16.5. The molecule has 1 aromatic carbocycles. The van der Waals surface area contributed by atoms with E-state index in [9.17, 15) is 4.79 Å². The van der Waals surface area contributed by atoms with E-state index in [1.54, 1.807) is 7.11 Å². The molecule has 4 rings (SSSR count). The Morgan fingerprint density at radius 1 is 1.30 bits per heavy atom. The normalized spacial score (nSPS) is 28.2. The highest BCUT2D eigenvalue weighted by Gasteiger charge is 2.43. The molecule has 1 aromatic rings. The third-order valence-electron chi connectivity index (χ3n) is 7.16. The zero-order valence-electron chi connectivity index (χ0n) is 18.4. The van der Waals surface area contributed by atoms with Crippen molar-refractivity contribution in [1.29, 1.82) is 0 Å². The Labute approximate surface area is 180 Å². The van der Waals surface area contributed by atoms with Crippen molar-refractivity contribution in [1.82, 2.24) is 4.90 Å². The highest BCUT2D eigenvalue weighted by Crippen LogP contribution is 2.43. The van der Waals surface area contributed by atoms with Crippen molar-refractivity contribution in [2.45, 2.75) is 69.6 Å². The van der Waals surface area contributed by atoms with Crippen LogP contribution in [0.5, 0.6) is 5.75 Å². The fourth-order valence-electron chi connectivity index (χ4n) is 5.38. The number of nitrogens with zero attached hydrogens (tertiary/aromatic N) is 1. The molecule has 2 heterocycles. The monoisotopic (exact) mass is 416 g/mol. The van der Waals surface area contributed by atoms with Gasteiger partial charge in [0.25, 0.3) is 0 Å². The summed E-state index contributed by atoms with van der Waals surface area (Å²) >= 11 is 0. The average Bonchev–Trinajstić information content (AvgIpc) is 2.78. The van der Waals surface area contributed by atoms with Gasteiger partial charge in [-0.15, -0.1) is 0 Å². The first-order valence-corrected chi connectivity index (χ1v) is 11.5. The van der Waals surface area contributed by atoms with Crippen LogP contribution >= 0.6 is 0 Å². The van der Waals surface area contributed by atoms with E-state index in [2.05, 4.69) is 19.1 Å². The third-order valence-corrected chi connectivity index (χ3v) is 7.16. The van der Waals surface area contributed by atoms with Crippen LogP contribution in [0.25, 0.3) is 0 Å². The van der Waals surface area contributed by atoms with Crippen molar-refractivity contribution in [2.24, 2.45) is 11.7 Å². The predicted molar refractivity (Wildman–Crippen MR) is 115 cm³/mol. The van der Waals surface area contributed by atoms with Gasteiger partial charge in [-0.25, -0.2) is 0 Å². The second-order valence-electron chi connectivity index (χ2n) is 9.02. The number of hydrogen-bond acceptors (Lipinski definition) is 5. The maximum absolute atomic E-state index is 13.3. The molecule has 1 spiro atoms. The van der Waals surface area contributed by atoms with E-state index >= 15 is 0 Å². The summed E-state index contributed by atoms with van der Waals surface area (Å²) in [5.74, 6) is 1.20. The van der Waals surface area contributed by atoms with Gasteiger partial charge in [-0.05, 0) is 68.2 Å². The lowest BCUT2D eigenvalue weighted by atomic mass is 9.78. The van der Waals surface area contributed by atoms with Crippen LogP contribution < -0.4 is 10.5 Å². The molecule has 30 heavy (non-hydrogen) atoms. The number of benzene rings is 1. The first kappa shape index (κ1) is 21.6. The Morgan fingerprint density at radius 3 is 2.83 bits per heavy atom. The molecule has 2 aliphatic heterocycles. The summed E-state index contributed by atoms with van der Waals surface area (Å²) in [7, 11) is 1.71. The van der Waals surface area contributed by atoms with Crippen molar-refractivity contribution in [3.8, 4) is 5.75 Å².